The Morgan fingerprint density at radius 3 is 2.76 bits per heavy atom. The van der Waals surface area contributed by atoms with Crippen LogP contribution in [0, 0.1) is 5.82 Å². The van der Waals surface area contributed by atoms with Gasteiger partial charge in [0.05, 0.1) is 24.1 Å². The molecule has 2 N–H and O–H groups in total. The fraction of sp³-hybridized carbons (Fsp3) is 0.375. The Hall–Kier alpha value is -3.46. The number of hydrogen-bond donors (Lipinski definition) is 2. The van der Waals surface area contributed by atoms with Gasteiger partial charge in [0.2, 0.25) is 5.91 Å². The van der Waals surface area contributed by atoms with Gasteiger partial charge in [-0.2, -0.15) is 0 Å². The van der Waals surface area contributed by atoms with E-state index < -0.39 is 11.7 Å². The maximum Gasteiger partial charge on any atom is 0.257 e. The highest BCUT2D eigenvalue weighted by molar-refractivity contribution is 6.05. The number of amides is 3. The molecule has 0 bridgehead atoms. The molecule has 33 heavy (non-hydrogen) atoms. The number of nitrogens with zero attached hydrogens (tertiary/aromatic N) is 1. The van der Waals surface area contributed by atoms with E-state index in [0.717, 1.165) is 6.07 Å². The molecule has 0 radical (unpaired) electrons. The Kier molecular flexibility index (Phi) is 6.60. The second-order valence-electron chi connectivity index (χ2n) is 8.22. The lowest BCUT2D eigenvalue weighted by Gasteiger charge is -2.42. The van der Waals surface area contributed by atoms with Gasteiger partial charge in [-0.3, -0.25) is 14.4 Å². The number of likely N-dealkylation sites (N-methyl/N-ethyl adjacent to an activating group) is 1. The number of rotatable bonds is 4. The number of ether oxygens (including phenoxy) is 2. The van der Waals surface area contributed by atoms with Gasteiger partial charge in [0.1, 0.15) is 24.3 Å². The Morgan fingerprint density at radius 1 is 1.18 bits per heavy atom. The van der Waals surface area contributed by atoms with E-state index in [2.05, 4.69) is 10.6 Å². The van der Waals surface area contributed by atoms with Gasteiger partial charge in [0, 0.05) is 25.3 Å². The van der Waals surface area contributed by atoms with Crippen molar-refractivity contribution in [3.8, 4) is 5.75 Å². The van der Waals surface area contributed by atoms with E-state index in [1.807, 2.05) is 0 Å². The number of fused-ring (bicyclic) bond motifs is 2. The van der Waals surface area contributed by atoms with E-state index in [1.54, 1.807) is 37.2 Å². The highest BCUT2D eigenvalue weighted by Crippen LogP contribution is 2.32. The second-order valence-corrected chi connectivity index (χ2v) is 8.22. The zero-order valence-corrected chi connectivity index (χ0v) is 18.5. The molecule has 4 rings (SSSR count). The van der Waals surface area contributed by atoms with Crippen molar-refractivity contribution in [3.63, 3.8) is 0 Å². The predicted octanol–water partition coefficient (Wildman–Crippen LogP) is 2.59. The number of benzene rings is 2. The van der Waals surface area contributed by atoms with Crippen molar-refractivity contribution in [3.05, 3.63) is 59.4 Å². The number of anilines is 1. The molecule has 174 valence electrons. The third kappa shape index (κ3) is 4.98. The highest BCUT2D eigenvalue weighted by Gasteiger charge is 2.39. The summed E-state index contributed by atoms with van der Waals surface area (Å²) in [4.78, 5) is 39.1. The molecule has 0 saturated carbocycles. The first-order chi connectivity index (χ1) is 15.9. The van der Waals surface area contributed by atoms with Gasteiger partial charge in [0.15, 0.2) is 0 Å². The molecule has 0 spiro atoms. The van der Waals surface area contributed by atoms with Gasteiger partial charge in [-0.05, 0) is 49.2 Å². The highest BCUT2D eigenvalue weighted by atomic mass is 19.1. The quantitative estimate of drug-likeness (QED) is 0.739. The summed E-state index contributed by atoms with van der Waals surface area (Å²) in [5, 5.41) is 5.30. The molecule has 0 unspecified atom stereocenters. The molecule has 3 amide bonds. The molecule has 1 fully saturated rings. The van der Waals surface area contributed by atoms with Crippen molar-refractivity contribution in [1.82, 2.24) is 10.2 Å². The number of carbonyl (C=O) groups is 3. The molecular formula is C24H26FN3O5. The SMILES string of the molecule is CNC(=O)C[C@H]1CC[C@H]2[C@@H](COc3ccc(NC(=O)c4cccc(F)c4)cc3C(=O)N2C)O1. The summed E-state index contributed by atoms with van der Waals surface area (Å²) < 4.78 is 25.5. The number of nitrogens with one attached hydrogen (secondary N) is 2. The first-order valence-corrected chi connectivity index (χ1v) is 10.8. The summed E-state index contributed by atoms with van der Waals surface area (Å²) in [6.45, 7) is 0.231. The lowest BCUT2D eigenvalue weighted by molar-refractivity contribution is -0.133. The molecule has 2 heterocycles. The van der Waals surface area contributed by atoms with E-state index >= 15 is 0 Å². The van der Waals surface area contributed by atoms with Crippen LogP contribution in [0.1, 0.15) is 40.0 Å². The van der Waals surface area contributed by atoms with Crippen molar-refractivity contribution >= 4 is 23.4 Å². The van der Waals surface area contributed by atoms with Crippen LogP contribution in [0.3, 0.4) is 0 Å². The van der Waals surface area contributed by atoms with Crippen molar-refractivity contribution in [2.75, 3.05) is 26.0 Å². The minimum atomic E-state index is -0.507. The van der Waals surface area contributed by atoms with Crippen LogP contribution >= 0.6 is 0 Å². The third-order valence-corrected chi connectivity index (χ3v) is 6.05. The molecule has 2 aliphatic heterocycles. The van der Waals surface area contributed by atoms with E-state index in [0.29, 0.717) is 29.8 Å². The maximum absolute atomic E-state index is 13.4. The number of hydrogen-bond acceptors (Lipinski definition) is 5. The molecule has 8 nitrogen and oxygen atoms in total. The van der Waals surface area contributed by atoms with Crippen LogP contribution in [0.25, 0.3) is 0 Å². The van der Waals surface area contributed by atoms with Crippen LogP contribution in [0.15, 0.2) is 42.5 Å². The summed E-state index contributed by atoms with van der Waals surface area (Å²) in [6.07, 6.45) is 1.02. The molecule has 2 aromatic carbocycles. The fourth-order valence-electron chi connectivity index (χ4n) is 4.25. The van der Waals surface area contributed by atoms with E-state index in [-0.39, 0.29) is 48.7 Å². The van der Waals surface area contributed by atoms with Crippen molar-refractivity contribution in [1.29, 1.82) is 0 Å². The summed E-state index contributed by atoms with van der Waals surface area (Å²) in [6, 6.07) is 9.98. The van der Waals surface area contributed by atoms with E-state index in [1.165, 1.54) is 18.2 Å². The van der Waals surface area contributed by atoms with Gasteiger partial charge in [-0.1, -0.05) is 6.07 Å². The largest absolute Gasteiger partial charge is 0.490 e. The fourth-order valence-corrected chi connectivity index (χ4v) is 4.25. The second kappa shape index (κ2) is 9.58. The van der Waals surface area contributed by atoms with Crippen LogP contribution in [0.2, 0.25) is 0 Å². The molecular weight excluding hydrogens is 429 g/mol. The van der Waals surface area contributed by atoms with Crippen molar-refractivity contribution in [2.45, 2.75) is 37.5 Å². The van der Waals surface area contributed by atoms with Crippen LogP contribution in [-0.4, -0.2) is 61.6 Å². The average Bonchev–Trinajstić information content (AvgIpc) is 2.81. The first-order valence-electron chi connectivity index (χ1n) is 10.8. The summed E-state index contributed by atoms with van der Waals surface area (Å²) in [7, 11) is 3.31. The summed E-state index contributed by atoms with van der Waals surface area (Å²) in [5.74, 6) is -0.952. The molecule has 3 atom stereocenters. The van der Waals surface area contributed by atoms with E-state index in [9.17, 15) is 18.8 Å². The number of carbonyl (C=O) groups excluding carboxylic acids is 3. The van der Waals surface area contributed by atoms with Gasteiger partial charge in [-0.15, -0.1) is 0 Å². The molecule has 1 saturated heterocycles. The van der Waals surface area contributed by atoms with Crippen LogP contribution in [0.5, 0.6) is 5.75 Å². The van der Waals surface area contributed by atoms with Gasteiger partial charge in [-0.25, -0.2) is 4.39 Å². The summed E-state index contributed by atoms with van der Waals surface area (Å²) in [5.41, 5.74) is 0.895. The predicted molar refractivity (Wildman–Crippen MR) is 119 cm³/mol. The third-order valence-electron chi connectivity index (χ3n) is 6.05. The Morgan fingerprint density at radius 2 is 2.00 bits per heavy atom. The average molecular weight is 455 g/mol. The summed E-state index contributed by atoms with van der Waals surface area (Å²) >= 11 is 0. The van der Waals surface area contributed by atoms with Crippen LogP contribution in [0.4, 0.5) is 10.1 Å². The topological polar surface area (TPSA) is 97.0 Å². The molecule has 9 heteroatoms. The van der Waals surface area contributed by atoms with Crippen LogP contribution in [-0.2, 0) is 9.53 Å². The standard InChI is InChI=1S/C24H26FN3O5/c1-26-22(29)12-17-7-8-19-21(33-17)13-32-20-9-6-16(11-18(20)24(31)28(19)2)27-23(30)14-4-3-5-15(25)10-14/h3-6,9-11,17,19,21H,7-8,12-13H2,1-2H3,(H,26,29)(H,27,30)/t17-,19+,21-/m1/s1. The number of halogens is 1. The molecule has 0 aromatic heterocycles. The zero-order chi connectivity index (χ0) is 23.5. The first kappa shape index (κ1) is 22.7. The Balaban J connectivity index is 1.52. The molecule has 0 aliphatic carbocycles. The maximum atomic E-state index is 13.4. The van der Waals surface area contributed by atoms with Crippen molar-refractivity contribution in [2.24, 2.45) is 0 Å². The molecule has 2 aliphatic rings. The lowest BCUT2D eigenvalue weighted by atomic mass is 9.94. The zero-order valence-electron chi connectivity index (χ0n) is 18.5. The Labute approximate surface area is 191 Å². The van der Waals surface area contributed by atoms with Gasteiger partial charge in [0.25, 0.3) is 11.8 Å². The smallest absolute Gasteiger partial charge is 0.257 e. The lowest BCUT2D eigenvalue weighted by Crippen LogP contribution is -2.53. The minimum Gasteiger partial charge on any atom is -0.490 e. The van der Waals surface area contributed by atoms with Gasteiger partial charge < -0.3 is 25.0 Å². The van der Waals surface area contributed by atoms with Crippen molar-refractivity contribution < 1.29 is 28.2 Å². The van der Waals surface area contributed by atoms with E-state index in [4.69, 9.17) is 9.47 Å². The normalized spacial score (nSPS) is 22.2. The molecule has 2 aromatic rings. The minimum absolute atomic E-state index is 0.0900. The van der Waals surface area contributed by atoms with Gasteiger partial charge >= 0.3 is 0 Å². The Bertz CT molecular complexity index is 1080. The van der Waals surface area contributed by atoms with Crippen LogP contribution < -0.4 is 15.4 Å². The monoisotopic (exact) mass is 455 g/mol.